The fourth-order valence-corrected chi connectivity index (χ4v) is 2.03. The van der Waals surface area contributed by atoms with Crippen LogP contribution in [0.2, 0.25) is 0 Å². The van der Waals surface area contributed by atoms with E-state index < -0.39 is 0 Å². The Morgan fingerprint density at radius 1 is 1.40 bits per heavy atom. The van der Waals surface area contributed by atoms with Crippen LogP contribution in [0, 0.1) is 0 Å². The van der Waals surface area contributed by atoms with Crippen LogP contribution in [-0.2, 0) is 0 Å². The number of nitrogens with zero attached hydrogens (tertiary/aromatic N) is 2. The van der Waals surface area contributed by atoms with Crippen LogP contribution in [0.25, 0.3) is 0 Å². The smallest absolute Gasteiger partial charge is 0.253 e. The molecule has 1 saturated heterocycles. The molecule has 1 unspecified atom stereocenters. The third-order valence-corrected chi connectivity index (χ3v) is 3.10. The summed E-state index contributed by atoms with van der Waals surface area (Å²) in [6.45, 7) is 1.90. The molecular formula is C13H22Cl2N4O. The Labute approximate surface area is 132 Å². The molecule has 0 aliphatic carbocycles. The molecule has 0 spiro atoms. The highest BCUT2D eigenvalue weighted by molar-refractivity contribution is 5.94. The fourth-order valence-electron chi connectivity index (χ4n) is 2.03. The van der Waals surface area contributed by atoms with Gasteiger partial charge in [-0.2, -0.15) is 0 Å². The highest BCUT2D eigenvalue weighted by Gasteiger charge is 2.16. The van der Waals surface area contributed by atoms with Gasteiger partial charge in [0.25, 0.3) is 5.91 Å². The summed E-state index contributed by atoms with van der Waals surface area (Å²) < 4.78 is 0. The molecule has 1 aromatic heterocycles. The van der Waals surface area contributed by atoms with E-state index in [1.54, 1.807) is 6.20 Å². The topological polar surface area (TPSA) is 57.3 Å². The van der Waals surface area contributed by atoms with Gasteiger partial charge in [-0.3, -0.25) is 4.79 Å². The van der Waals surface area contributed by atoms with Gasteiger partial charge in [0, 0.05) is 32.9 Å². The van der Waals surface area contributed by atoms with Crippen molar-refractivity contribution in [3.05, 3.63) is 23.9 Å². The number of rotatable bonds is 3. The summed E-state index contributed by atoms with van der Waals surface area (Å²) >= 11 is 0. The molecule has 20 heavy (non-hydrogen) atoms. The Morgan fingerprint density at radius 3 is 2.65 bits per heavy atom. The van der Waals surface area contributed by atoms with E-state index in [2.05, 4.69) is 15.6 Å². The van der Waals surface area contributed by atoms with E-state index in [9.17, 15) is 4.79 Å². The number of piperidine rings is 1. The van der Waals surface area contributed by atoms with Crippen molar-refractivity contribution < 1.29 is 4.79 Å². The predicted molar refractivity (Wildman–Crippen MR) is 86.4 cm³/mol. The zero-order chi connectivity index (χ0) is 13.0. The van der Waals surface area contributed by atoms with Gasteiger partial charge in [0.05, 0.1) is 5.56 Å². The van der Waals surface area contributed by atoms with E-state index in [4.69, 9.17) is 0 Å². The van der Waals surface area contributed by atoms with Crippen molar-refractivity contribution in [2.75, 3.05) is 32.1 Å². The largest absolute Gasteiger partial charge is 0.363 e. The van der Waals surface area contributed by atoms with Crippen LogP contribution in [0.4, 0.5) is 5.82 Å². The molecule has 0 saturated carbocycles. The summed E-state index contributed by atoms with van der Waals surface area (Å²) in [5, 5.41) is 6.31. The third-order valence-electron chi connectivity index (χ3n) is 3.10. The summed E-state index contributed by atoms with van der Waals surface area (Å²) in [5.74, 6) is 0.812. The molecule has 0 bridgehead atoms. The molecule has 0 radical (unpaired) electrons. The molecule has 1 fully saturated rings. The number of hydrogen-bond donors (Lipinski definition) is 2. The molecule has 114 valence electrons. The highest BCUT2D eigenvalue weighted by atomic mass is 35.5. The lowest BCUT2D eigenvalue weighted by molar-refractivity contribution is 0.0930. The van der Waals surface area contributed by atoms with E-state index in [0.717, 1.165) is 31.7 Å². The molecule has 7 heteroatoms. The van der Waals surface area contributed by atoms with Crippen LogP contribution in [0.3, 0.4) is 0 Å². The number of nitrogens with one attached hydrogen (secondary N) is 2. The van der Waals surface area contributed by atoms with Crippen molar-refractivity contribution in [2.45, 2.75) is 18.9 Å². The monoisotopic (exact) mass is 320 g/mol. The van der Waals surface area contributed by atoms with Crippen LogP contribution in [0.1, 0.15) is 23.2 Å². The Bertz CT molecular complexity index is 405. The number of carbonyl (C=O) groups excluding carboxylic acids is 1. The average molecular weight is 321 g/mol. The van der Waals surface area contributed by atoms with Crippen LogP contribution in [0.5, 0.6) is 0 Å². The number of halogens is 2. The lowest BCUT2D eigenvalue weighted by Crippen LogP contribution is -2.45. The van der Waals surface area contributed by atoms with Crippen LogP contribution in [-0.4, -0.2) is 44.1 Å². The predicted octanol–water partition coefficient (Wildman–Crippen LogP) is 1.47. The van der Waals surface area contributed by atoms with E-state index in [0.29, 0.717) is 5.56 Å². The number of hydrogen-bond acceptors (Lipinski definition) is 4. The molecular weight excluding hydrogens is 299 g/mol. The van der Waals surface area contributed by atoms with E-state index >= 15 is 0 Å². The Balaban J connectivity index is 0.00000180. The van der Waals surface area contributed by atoms with Gasteiger partial charge in [-0.1, -0.05) is 0 Å². The van der Waals surface area contributed by atoms with Gasteiger partial charge in [0.15, 0.2) is 0 Å². The van der Waals surface area contributed by atoms with E-state index in [1.807, 2.05) is 31.1 Å². The van der Waals surface area contributed by atoms with Crippen LogP contribution in [0.15, 0.2) is 18.3 Å². The summed E-state index contributed by atoms with van der Waals surface area (Å²) in [6, 6.07) is 3.90. The van der Waals surface area contributed by atoms with E-state index in [-0.39, 0.29) is 36.8 Å². The summed E-state index contributed by atoms with van der Waals surface area (Å²) in [7, 11) is 3.85. The van der Waals surface area contributed by atoms with E-state index in [1.165, 1.54) is 0 Å². The molecule has 1 aliphatic rings. The maximum atomic E-state index is 12.0. The number of amides is 1. The summed E-state index contributed by atoms with van der Waals surface area (Å²) in [4.78, 5) is 18.2. The third kappa shape index (κ3) is 5.15. The molecule has 2 heterocycles. The Morgan fingerprint density at radius 2 is 2.15 bits per heavy atom. The van der Waals surface area contributed by atoms with Crippen LogP contribution < -0.4 is 15.5 Å². The molecule has 2 rings (SSSR count). The first-order valence-electron chi connectivity index (χ1n) is 6.32. The first-order valence-corrected chi connectivity index (χ1v) is 6.32. The maximum absolute atomic E-state index is 12.0. The Hall–Kier alpha value is -1.04. The van der Waals surface area contributed by atoms with Crippen molar-refractivity contribution in [1.82, 2.24) is 15.6 Å². The second-order valence-electron chi connectivity index (χ2n) is 4.82. The van der Waals surface area contributed by atoms with Crippen molar-refractivity contribution >= 4 is 36.5 Å². The SMILES string of the molecule is CN(C)c1ccc(C(=O)NC2CCCNC2)cn1.Cl.Cl. The lowest BCUT2D eigenvalue weighted by Gasteiger charge is -2.23. The minimum Gasteiger partial charge on any atom is -0.363 e. The van der Waals surface area contributed by atoms with Gasteiger partial charge in [-0.05, 0) is 31.5 Å². The van der Waals surface area contributed by atoms with Gasteiger partial charge in [-0.15, -0.1) is 24.8 Å². The summed E-state index contributed by atoms with van der Waals surface area (Å²) in [5.41, 5.74) is 0.617. The second-order valence-corrected chi connectivity index (χ2v) is 4.82. The molecule has 1 aromatic rings. The molecule has 5 nitrogen and oxygen atoms in total. The standard InChI is InChI=1S/C13H20N4O.2ClH/c1-17(2)12-6-5-10(8-15-12)13(18)16-11-4-3-7-14-9-11;;/h5-6,8,11,14H,3-4,7,9H2,1-2H3,(H,16,18);2*1H. The molecule has 1 atom stereocenters. The number of anilines is 1. The zero-order valence-corrected chi connectivity index (χ0v) is 13.4. The highest BCUT2D eigenvalue weighted by Crippen LogP contribution is 2.09. The van der Waals surface area contributed by atoms with Crippen molar-refractivity contribution in [3.63, 3.8) is 0 Å². The second kappa shape index (κ2) is 9.00. The van der Waals surface area contributed by atoms with Crippen molar-refractivity contribution in [3.8, 4) is 0 Å². The van der Waals surface area contributed by atoms with Crippen LogP contribution >= 0.6 is 24.8 Å². The average Bonchev–Trinajstić information content (AvgIpc) is 2.40. The van der Waals surface area contributed by atoms with Gasteiger partial charge >= 0.3 is 0 Å². The quantitative estimate of drug-likeness (QED) is 0.885. The normalized spacial score (nSPS) is 17.4. The fraction of sp³-hybridized carbons (Fsp3) is 0.538. The van der Waals surface area contributed by atoms with Gasteiger partial charge in [-0.25, -0.2) is 4.98 Å². The van der Waals surface area contributed by atoms with Gasteiger partial charge in [0.2, 0.25) is 0 Å². The van der Waals surface area contributed by atoms with Crippen molar-refractivity contribution in [1.29, 1.82) is 0 Å². The summed E-state index contributed by atoms with van der Waals surface area (Å²) in [6.07, 6.45) is 3.78. The number of aromatic nitrogens is 1. The maximum Gasteiger partial charge on any atom is 0.253 e. The Kier molecular flexibility index (Phi) is 8.53. The molecule has 1 amide bonds. The molecule has 1 aliphatic heterocycles. The molecule has 0 aromatic carbocycles. The first kappa shape index (κ1) is 19.0. The zero-order valence-electron chi connectivity index (χ0n) is 11.8. The number of carbonyl (C=O) groups is 1. The van der Waals surface area contributed by atoms with Crippen molar-refractivity contribution in [2.24, 2.45) is 0 Å². The number of pyridine rings is 1. The van der Waals surface area contributed by atoms with Gasteiger partial charge < -0.3 is 15.5 Å². The lowest BCUT2D eigenvalue weighted by atomic mass is 10.1. The first-order chi connectivity index (χ1) is 8.66. The minimum atomic E-state index is -0.0403. The molecule has 2 N–H and O–H groups in total. The minimum absolute atomic E-state index is 0. The van der Waals surface area contributed by atoms with Gasteiger partial charge in [0.1, 0.15) is 5.82 Å².